The van der Waals surface area contributed by atoms with Crippen molar-refractivity contribution in [2.45, 2.75) is 32.9 Å². The third-order valence-electron chi connectivity index (χ3n) is 2.60. The molecule has 0 aliphatic carbocycles. The SMILES string of the molecule is Cc1nc(CN(C)C(C)(C)CN)cs1. The second kappa shape index (κ2) is 4.38. The van der Waals surface area contributed by atoms with Crippen LogP contribution in [0.4, 0.5) is 0 Å². The van der Waals surface area contributed by atoms with E-state index in [0.29, 0.717) is 6.54 Å². The highest BCUT2D eigenvalue weighted by Gasteiger charge is 2.21. The van der Waals surface area contributed by atoms with E-state index in [9.17, 15) is 0 Å². The highest BCUT2D eigenvalue weighted by Crippen LogP contribution is 2.15. The summed E-state index contributed by atoms with van der Waals surface area (Å²) in [5.74, 6) is 0. The summed E-state index contributed by atoms with van der Waals surface area (Å²) in [7, 11) is 2.08. The van der Waals surface area contributed by atoms with E-state index in [-0.39, 0.29) is 5.54 Å². The predicted molar refractivity (Wildman–Crippen MR) is 61.5 cm³/mol. The molecule has 0 unspecified atom stereocenters. The van der Waals surface area contributed by atoms with Gasteiger partial charge in [-0.05, 0) is 27.8 Å². The van der Waals surface area contributed by atoms with E-state index in [0.717, 1.165) is 17.2 Å². The Morgan fingerprint density at radius 1 is 1.57 bits per heavy atom. The molecule has 1 heterocycles. The fraction of sp³-hybridized carbons (Fsp3) is 0.700. The fourth-order valence-electron chi connectivity index (χ4n) is 1.09. The Hall–Kier alpha value is -0.450. The van der Waals surface area contributed by atoms with Gasteiger partial charge >= 0.3 is 0 Å². The summed E-state index contributed by atoms with van der Waals surface area (Å²) < 4.78 is 0. The zero-order chi connectivity index (χ0) is 10.8. The number of hydrogen-bond acceptors (Lipinski definition) is 4. The third-order valence-corrected chi connectivity index (χ3v) is 3.42. The van der Waals surface area contributed by atoms with Gasteiger partial charge in [0.05, 0.1) is 10.7 Å². The standard InChI is InChI=1S/C10H19N3S/c1-8-12-9(6-14-8)5-13(4)10(2,3)7-11/h6H,5,7,11H2,1-4H3. The second-order valence-electron chi connectivity index (χ2n) is 4.23. The molecule has 0 aliphatic rings. The van der Waals surface area contributed by atoms with E-state index in [1.165, 1.54) is 0 Å². The zero-order valence-corrected chi connectivity index (χ0v) is 10.2. The monoisotopic (exact) mass is 213 g/mol. The van der Waals surface area contributed by atoms with Crippen molar-refractivity contribution in [3.63, 3.8) is 0 Å². The summed E-state index contributed by atoms with van der Waals surface area (Å²) >= 11 is 1.70. The van der Waals surface area contributed by atoms with E-state index in [4.69, 9.17) is 5.73 Å². The van der Waals surface area contributed by atoms with Gasteiger partial charge in [-0.2, -0.15) is 0 Å². The largest absolute Gasteiger partial charge is 0.329 e. The van der Waals surface area contributed by atoms with Crippen molar-refractivity contribution < 1.29 is 0 Å². The first-order valence-corrected chi connectivity index (χ1v) is 5.66. The zero-order valence-electron chi connectivity index (χ0n) is 9.37. The second-order valence-corrected chi connectivity index (χ2v) is 5.29. The molecule has 1 aromatic heterocycles. The van der Waals surface area contributed by atoms with Crippen LogP contribution in [-0.4, -0.2) is 29.0 Å². The quantitative estimate of drug-likeness (QED) is 0.826. The Balaban J connectivity index is 2.61. The molecule has 0 radical (unpaired) electrons. The van der Waals surface area contributed by atoms with Gasteiger partial charge in [-0.1, -0.05) is 0 Å². The minimum atomic E-state index is 0.0392. The minimum Gasteiger partial charge on any atom is -0.329 e. The molecule has 1 rings (SSSR count). The molecule has 14 heavy (non-hydrogen) atoms. The van der Waals surface area contributed by atoms with Gasteiger partial charge in [-0.3, -0.25) is 4.90 Å². The van der Waals surface area contributed by atoms with E-state index < -0.39 is 0 Å². The van der Waals surface area contributed by atoms with Crippen LogP contribution in [-0.2, 0) is 6.54 Å². The highest BCUT2D eigenvalue weighted by molar-refractivity contribution is 7.09. The van der Waals surface area contributed by atoms with Crippen molar-refractivity contribution in [1.29, 1.82) is 0 Å². The Bertz CT molecular complexity index is 293. The van der Waals surface area contributed by atoms with Gasteiger partial charge in [0.25, 0.3) is 0 Å². The van der Waals surface area contributed by atoms with Gasteiger partial charge in [-0.25, -0.2) is 4.98 Å². The van der Waals surface area contributed by atoms with Gasteiger partial charge in [0.1, 0.15) is 0 Å². The molecule has 0 spiro atoms. The first-order chi connectivity index (χ1) is 6.45. The molecule has 0 aromatic carbocycles. The number of nitrogens with zero attached hydrogens (tertiary/aromatic N) is 2. The molecule has 0 amide bonds. The highest BCUT2D eigenvalue weighted by atomic mass is 32.1. The normalized spacial score (nSPS) is 12.4. The maximum atomic E-state index is 5.71. The average molecular weight is 213 g/mol. The summed E-state index contributed by atoms with van der Waals surface area (Å²) in [6.07, 6.45) is 0. The Kier molecular flexibility index (Phi) is 3.64. The number of aryl methyl sites for hydroxylation is 1. The third kappa shape index (κ3) is 2.77. The van der Waals surface area contributed by atoms with Crippen molar-refractivity contribution in [3.05, 3.63) is 16.1 Å². The van der Waals surface area contributed by atoms with Crippen molar-refractivity contribution in [2.24, 2.45) is 5.73 Å². The summed E-state index contributed by atoms with van der Waals surface area (Å²) in [6.45, 7) is 7.85. The molecule has 0 saturated carbocycles. The van der Waals surface area contributed by atoms with Crippen LogP contribution in [0.3, 0.4) is 0 Å². The molecule has 0 fully saturated rings. The Morgan fingerprint density at radius 2 is 2.21 bits per heavy atom. The van der Waals surface area contributed by atoms with Crippen LogP contribution < -0.4 is 5.73 Å². The topological polar surface area (TPSA) is 42.2 Å². The van der Waals surface area contributed by atoms with Crippen LogP contribution >= 0.6 is 11.3 Å². The summed E-state index contributed by atoms with van der Waals surface area (Å²) in [5.41, 5.74) is 6.88. The number of rotatable bonds is 4. The van der Waals surface area contributed by atoms with Gasteiger partial charge in [0.15, 0.2) is 0 Å². The lowest BCUT2D eigenvalue weighted by molar-refractivity contribution is 0.154. The van der Waals surface area contributed by atoms with Crippen LogP contribution in [0.2, 0.25) is 0 Å². The van der Waals surface area contributed by atoms with Crippen LogP contribution in [0.1, 0.15) is 24.5 Å². The maximum absolute atomic E-state index is 5.71. The Morgan fingerprint density at radius 3 is 2.64 bits per heavy atom. The Labute approximate surface area is 89.9 Å². The van der Waals surface area contributed by atoms with Gasteiger partial charge in [0.2, 0.25) is 0 Å². The molecular formula is C10H19N3S. The summed E-state index contributed by atoms with van der Waals surface area (Å²) in [6, 6.07) is 0. The van der Waals surface area contributed by atoms with Crippen molar-refractivity contribution in [3.8, 4) is 0 Å². The minimum absolute atomic E-state index is 0.0392. The van der Waals surface area contributed by atoms with E-state index in [1.807, 2.05) is 6.92 Å². The van der Waals surface area contributed by atoms with Crippen LogP contribution in [0.15, 0.2) is 5.38 Å². The van der Waals surface area contributed by atoms with Gasteiger partial charge in [-0.15, -0.1) is 11.3 Å². The molecule has 1 aromatic rings. The number of hydrogen-bond donors (Lipinski definition) is 1. The number of nitrogens with two attached hydrogens (primary N) is 1. The van der Waals surface area contributed by atoms with Crippen molar-refractivity contribution >= 4 is 11.3 Å². The van der Waals surface area contributed by atoms with E-state index in [2.05, 4.69) is 36.2 Å². The molecule has 0 aliphatic heterocycles. The summed E-state index contributed by atoms with van der Waals surface area (Å²) in [4.78, 5) is 6.67. The lowest BCUT2D eigenvalue weighted by atomic mass is 10.0. The smallest absolute Gasteiger partial charge is 0.0897 e. The van der Waals surface area contributed by atoms with Crippen LogP contribution in [0.5, 0.6) is 0 Å². The number of likely N-dealkylation sites (N-methyl/N-ethyl adjacent to an activating group) is 1. The van der Waals surface area contributed by atoms with Crippen molar-refractivity contribution in [2.75, 3.05) is 13.6 Å². The maximum Gasteiger partial charge on any atom is 0.0897 e. The number of aromatic nitrogens is 1. The van der Waals surface area contributed by atoms with E-state index in [1.54, 1.807) is 11.3 Å². The number of thiazole rings is 1. The average Bonchev–Trinajstić information content (AvgIpc) is 2.51. The van der Waals surface area contributed by atoms with Gasteiger partial charge < -0.3 is 5.73 Å². The van der Waals surface area contributed by atoms with E-state index >= 15 is 0 Å². The van der Waals surface area contributed by atoms with Gasteiger partial charge in [0, 0.05) is 24.0 Å². The van der Waals surface area contributed by atoms with Crippen LogP contribution in [0.25, 0.3) is 0 Å². The first-order valence-electron chi connectivity index (χ1n) is 4.78. The van der Waals surface area contributed by atoms with Crippen molar-refractivity contribution in [1.82, 2.24) is 9.88 Å². The molecule has 2 N–H and O–H groups in total. The molecule has 0 bridgehead atoms. The lowest BCUT2D eigenvalue weighted by Gasteiger charge is -2.33. The first kappa shape index (κ1) is 11.6. The van der Waals surface area contributed by atoms with Crippen LogP contribution in [0, 0.1) is 6.92 Å². The molecular weight excluding hydrogens is 194 g/mol. The molecule has 4 heteroatoms. The molecule has 80 valence electrons. The molecule has 3 nitrogen and oxygen atoms in total. The summed E-state index contributed by atoms with van der Waals surface area (Å²) in [5, 5.41) is 3.23. The fourth-order valence-corrected chi connectivity index (χ4v) is 1.70. The predicted octanol–water partition coefficient (Wildman–Crippen LogP) is 1.62. The molecule has 0 atom stereocenters. The molecule has 0 saturated heterocycles. The lowest BCUT2D eigenvalue weighted by Crippen LogP contribution is -2.46.